The van der Waals surface area contributed by atoms with Crippen LogP contribution in [0.4, 0.5) is 5.82 Å². The molecule has 0 radical (unpaired) electrons. The maximum atomic E-state index is 11.9. The number of primary amides is 1. The molecule has 0 atom stereocenters. The van der Waals surface area contributed by atoms with Gasteiger partial charge in [0.2, 0.25) is 0 Å². The maximum Gasteiger partial charge on any atom is 0.253 e. The fraction of sp³-hybridized carbons (Fsp3) is 0.125. The molecule has 3 rings (SSSR count). The summed E-state index contributed by atoms with van der Waals surface area (Å²) in [5, 5.41) is 10.6. The minimum Gasteiger partial charge on any atom is -0.508 e. The summed E-state index contributed by atoms with van der Waals surface area (Å²) in [7, 11) is 0. The van der Waals surface area contributed by atoms with Gasteiger partial charge in [-0.25, -0.2) is 4.98 Å². The van der Waals surface area contributed by atoms with Gasteiger partial charge in [-0.15, -0.1) is 0 Å². The van der Waals surface area contributed by atoms with E-state index in [1.54, 1.807) is 35.9 Å². The van der Waals surface area contributed by atoms with Crippen LogP contribution in [0.2, 0.25) is 0 Å². The molecule has 0 fully saturated rings. The van der Waals surface area contributed by atoms with Crippen molar-refractivity contribution in [3.05, 3.63) is 45.6 Å². The van der Waals surface area contributed by atoms with Crippen LogP contribution in [0.3, 0.4) is 0 Å². The van der Waals surface area contributed by atoms with E-state index in [-0.39, 0.29) is 17.1 Å². The number of phenolic OH excluding ortho intramolecular Hbond substituents is 1. The van der Waals surface area contributed by atoms with Crippen molar-refractivity contribution in [1.29, 1.82) is 0 Å². The number of pyridine rings is 1. The van der Waals surface area contributed by atoms with Crippen LogP contribution >= 0.6 is 15.9 Å². The van der Waals surface area contributed by atoms with Crippen molar-refractivity contribution in [2.24, 2.45) is 5.73 Å². The van der Waals surface area contributed by atoms with Gasteiger partial charge in [-0.05, 0) is 47.5 Å². The number of phenols is 1. The zero-order valence-corrected chi connectivity index (χ0v) is 14.2. The molecule has 0 saturated heterocycles. The lowest BCUT2D eigenvalue weighted by atomic mass is 10.1. The molecular formula is C16H15BrN4O2. The Morgan fingerprint density at radius 1 is 1.35 bits per heavy atom. The van der Waals surface area contributed by atoms with E-state index in [9.17, 15) is 9.90 Å². The van der Waals surface area contributed by atoms with Crippen LogP contribution in [0.1, 0.15) is 21.5 Å². The summed E-state index contributed by atoms with van der Waals surface area (Å²) >= 11 is 3.34. The van der Waals surface area contributed by atoms with Crippen molar-refractivity contribution >= 4 is 38.7 Å². The van der Waals surface area contributed by atoms with Crippen molar-refractivity contribution in [3.8, 4) is 11.4 Å². The minimum absolute atomic E-state index is 0.143. The zero-order chi connectivity index (χ0) is 16.9. The molecule has 5 N–H and O–H groups in total. The van der Waals surface area contributed by atoms with E-state index in [0.29, 0.717) is 26.8 Å². The number of anilines is 1. The highest BCUT2D eigenvalue weighted by Crippen LogP contribution is 2.36. The number of nitrogens with two attached hydrogens (primary N) is 2. The number of aryl methyl sites for hydroxylation is 1. The molecule has 0 aliphatic carbocycles. The summed E-state index contributed by atoms with van der Waals surface area (Å²) in [6.45, 7) is 3.68. The predicted molar refractivity (Wildman–Crippen MR) is 92.8 cm³/mol. The van der Waals surface area contributed by atoms with Crippen LogP contribution < -0.4 is 11.5 Å². The van der Waals surface area contributed by atoms with E-state index in [2.05, 4.69) is 20.9 Å². The Labute approximate surface area is 140 Å². The molecule has 0 saturated carbocycles. The highest BCUT2D eigenvalue weighted by molar-refractivity contribution is 9.10. The monoisotopic (exact) mass is 374 g/mol. The summed E-state index contributed by atoms with van der Waals surface area (Å²) in [5.41, 5.74) is 14.7. The first-order chi connectivity index (χ1) is 10.8. The Morgan fingerprint density at radius 2 is 2.04 bits per heavy atom. The van der Waals surface area contributed by atoms with Gasteiger partial charge in [0.25, 0.3) is 5.91 Å². The predicted octanol–water partition coefficient (Wildman–Crippen LogP) is 2.79. The van der Waals surface area contributed by atoms with Gasteiger partial charge in [0.15, 0.2) is 0 Å². The smallest absolute Gasteiger partial charge is 0.253 e. The van der Waals surface area contributed by atoms with Crippen molar-refractivity contribution in [2.75, 3.05) is 5.73 Å². The highest BCUT2D eigenvalue weighted by atomic mass is 79.9. The first-order valence-corrected chi connectivity index (χ1v) is 7.67. The summed E-state index contributed by atoms with van der Waals surface area (Å²) in [4.78, 5) is 16.2. The van der Waals surface area contributed by atoms with Gasteiger partial charge < -0.3 is 16.6 Å². The number of nitrogen functional groups attached to an aromatic ring is 1. The van der Waals surface area contributed by atoms with E-state index < -0.39 is 5.91 Å². The SMILES string of the molecule is Cc1ccc(O)c(C)c1-n1c(N)c(C(N)=O)c2cc(Br)cnc21. The number of nitrogens with zero attached hydrogens (tertiary/aromatic N) is 2. The summed E-state index contributed by atoms with van der Waals surface area (Å²) in [5.74, 6) is -0.277. The molecule has 7 heteroatoms. The third kappa shape index (κ3) is 2.24. The fourth-order valence-electron chi connectivity index (χ4n) is 2.81. The average molecular weight is 375 g/mol. The van der Waals surface area contributed by atoms with Crippen LogP contribution in [-0.4, -0.2) is 20.6 Å². The summed E-state index contributed by atoms with van der Waals surface area (Å²) in [6, 6.07) is 5.16. The van der Waals surface area contributed by atoms with Crippen LogP contribution in [0.15, 0.2) is 28.9 Å². The quantitative estimate of drug-likeness (QED) is 0.640. The Bertz CT molecular complexity index is 963. The Morgan fingerprint density at radius 3 is 2.70 bits per heavy atom. The average Bonchev–Trinajstić information content (AvgIpc) is 2.75. The lowest BCUT2D eigenvalue weighted by Gasteiger charge is -2.15. The number of fused-ring (bicyclic) bond motifs is 1. The van der Waals surface area contributed by atoms with E-state index in [4.69, 9.17) is 11.5 Å². The summed E-state index contributed by atoms with van der Waals surface area (Å²) in [6.07, 6.45) is 1.62. The molecule has 2 heterocycles. The van der Waals surface area contributed by atoms with Crippen molar-refractivity contribution in [3.63, 3.8) is 0 Å². The van der Waals surface area contributed by atoms with Crippen LogP contribution in [0.5, 0.6) is 5.75 Å². The van der Waals surface area contributed by atoms with Crippen molar-refractivity contribution in [2.45, 2.75) is 13.8 Å². The topological polar surface area (TPSA) is 107 Å². The van der Waals surface area contributed by atoms with Gasteiger partial charge in [-0.1, -0.05) is 6.07 Å². The first-order valence-electron chi connectivity index (χ1n) is 6.87. The second kappa shape index (κ2) is 5.27. The summed E-state index contributed by atoms with van der Waals surface area (Å²) < 4.78 is 2.38. The molecule has 0 bridgehead atoms. The zero-order valence-electron chi connectivity index (χ0n) is 12.6. The fourth-order valence-corrected chi connectivity index (χ4v) is 3.14. The number of hydrogen-bond donors (Lipinski definition) is 3. The molecule has 6 nitrogen and oxygen atoms in total. The number of carbonyl (C=O) groups excluding carboxylic acids is 1. The molecule has 0 aliphatic heterocycles. The second-order valence-corrected chi connectivity index (χ2v) is 6.28. The molecule has 3 aromatic rings. The molecule has 1 amide bonds. The van der Waals surface area contributed by atoms with Gasteiger partial charge in [0.05, 0.1) is 11.3 Å². The lowest BCUT2D eigenvalue weighted by molar-refractivity contribution is 0.100. The van der Waals surface area contributed by atoms with Gasteiger partial charge in [-0.3, -0.25) is 9.36 Å². The molecule has 118 valence electrons. The molecular weight excluding hydrogens is 360 g/mol. The second-order valence-electron chi connectivity index (χ2n) is 5.36. The molecule has 23 heavy (non-hydrogen) atoms. The Kier molecular flexibility index (Phi) is 3.52. The van der Waals surface area contributed by atoms with E-state index in [1.807, 2.05) is 6.92 Å². The van der Waals surface area contributed by atoms with Gasteiger partial charge in [0, 0.05) is 21.6 Å². The number of carbonyl (C=O) groups is 1. The van der Waals surface area contributed by atoms with Gasteiger partial charge in [-0.2, -0.15) is 0 Å². The molecule has 0 aliphatic rings. The molecule has 1 aromatic carbocycles. The van der Waals surface area contributed by atoms with E-state index >= 15 is 0 Å². The number of aromatic nitrogens is 2. The number of benzene rings is 1. The van der Waals surface area contributed by atoms with Crippen LogP contribution in [0.25, 0.3) is 16.7 Å². The molecule has 2 aromatic heterocycles. The standard InChI is InChI=1S/C16H15BrN4O2/c1-7-3-4-11(22)8(2)13(7)21-14(18)12(15(19)23)10-5-9(17)6-20-16(10)21/h3-6,22H,18H2,1-2H3,(H2,19,23). The molecule has 0 unspecified atom stereocenters. The number of halogens is 1. The van der Waals surface area contributed by atoms with Crippen LogP contribution in [-0.2, 0) is 0 Å². The number of amides is 1. The van der Waals surface area contributed by atoms with Gasteiger partial charge >= 0.3 is 0 Å². The third-order valence-electron chi connectivity index (χ3n) is 3.89. The Balaban J connectivity index is 2.52. The lowest BCUT2D eigenvalue weighted by Crippen LogP contribution is -2.14. The largest absolute Gasteiger partial charge is 0.508 e. The Hall–Kier alpha value is -2.54. The number of hydrogen-bond acceptors (Lipinski definition) is 4. The van der Waals surface area contributed by atoms with Crippen molar-refractivity contribution in [1.82, 2.24) is 9.55 Å². The molecule has 0 spiro atoms. The number of aromatic hydroxyl groups is 1. The first kappa shape index (κ1) is 15.4. The third-order valence-corrected chi connectivity index (χ3v) is 4.32. The maximum absolute atomic E-state index is 11.9. The van der Waals surface area contributed by atoms with Crippen molar-refractivity contribution < 1.29 is 9.90 Å². The van der Waals surface area contributed by atoms with Gasteiger partial charge in [0.1, 0.15) is 17.2 Å². The van der Waals surface area contributed by atoms with E-state index in [0.717, 1.165) is 5.56 Å². The highest BCUT2D eigenvalue weighted by Gasteiger charge is 2.23. The normalized spacial score (nSPS) is 11.1. The van der Waals surface area contributed by atoms with E-state index in [1.165, 1.54) is 0 Å². The van der Waals surface area contributed by atoms with Crippen LogP contribution in [0, 0.1) is 13.8 Å². The minimum atomic E-state index is -0.624. The number of rotatable bonds is 2.